The van der Waals surface area contributed by atoms with Gasteiger partial charge in [0.2, 0.25) is 0 Å². The van der Waals surface area contributed by atoms with Gasteiger partial charge < -0.3 is 0 Å². The van der Waals surface area contributed by atoms with E-state index in [4.69, 9.17) is 10.7 Å². The Morgan fingerprint density at radius 1 is 1.37 bits per heavy atom. The van der Waals surface area contributed by atoms with Crippen molar-refractivity contribution in [2.45, 2.75) is 37.9 Å². The zero-order valence-electron chi connectivity index (χ0n) is 10.8. The molecule has 0 radical (unpaired) electrons. The Balaban J connectivity index is 2.54. The molecule has 2 rings (SSSR count). The number of rotatable bonds is 3. The van der Waals surface area contributed by atoms with E-state index in [1.54, 1.807) is 15.9 Å². The summed E-state index contributed by atoms with van der Waals surface area (Å²) in [5.41, 5.74) is -0.465. The first-order chi connectivity index (χ1) is 8.69. The van der Waals surface area contributed by atoms with Gasteiger partial charge in [-0.25, -0.2) is 8.42 Å². The van der Waals surface area contributed by atoms with Crippen molar-refractivity contribution in [1.82, 2.24) is 14.8 Å². The molecule has 2 aromatic rings. The minimum Gasteiger partial charge on any atom is -0.295 e. The van der Waals surface area contributed by atoms with Crippen LogP contribution < -0.4 is 0 Å². The SMILES string of the molecule is CC(C)(C)n1c(Cc2cccs2)nnc1S(=O)(=O)Cl. The predicted octanol–water partition coefficient (Wildman–Crippen LogP) is 2.61. The maximum Gasteiger partial charge on any atom is 0.296 e. The van der Waals surface area contributed by atoms with Gasteiger partial charge in [0.1, 0.15) is 5.82 Å². The molecule has 19 heavy (non-hydrogen) atoms. The van der Waals surface area contributed by atoms with Crippen LogP contribution in [0.15, 0.2) is 22.7 Å². The molecule has 0 aliphatic rings. The third-order valence-electron chi connectivity index (χ3n) is 2.50. The normalized spacial score (nSPS) is 12.8. The molecule has 0 fully saturated rings. The fraction of sp³-hybridized carbons (Fsp3) is 0.455. The van der Waals surface area contributed by atoms with Crippen molar-refractivity contribution in [3.8, 4) is 0 Å². The Labute approximate surface area is 120 Å². The van der Waals surface area contributed by atoms with E-state index in [1.807, 2.05) is 38.3 Å². The first-order valence-electron chi connectivity index (χ1n) is 5.61. The van der Waals surface area contributed by atoms with Crippen LogP contribution in [0.25, 0.3) is 0 Å². The van der Waals surface area contributed by atoms with Gasteiger partial charge in [-0.3, -0.25) is 4.57 Å². The van der Waals surface area contributed by atoms with Crippen molar-refractivity contribution in [3.05, 3.63) is 28.2 Å². The summed E-state index contributed by atoms with van der Waals surface area (Å²) in [4.78, 5) is 1.09. The minimum absolute atomic E-state index is 0.201. The topological polar surface area (TPSA) is 64.8 Å². The van der Waals surface area contributed by atoms with E-state index in [9.17, 15) is 8.42 Å². The molecular formula is C11H14ClN3O2S2. The Kier molecular flexibility index (Phi) is 3.72. The maximum absolute atomic E-state index is 11.6. The molecule has 0 saturated heterocycles. The van der Waals surface area contributed by atoms with Gasteiger partial charge in [0.05, 0.1) is 0 Å². The minimum atomic E-state index is -3.91. The summed E-state index contributed by atoms with van der Waals surface area (Å²) in [5, 5.41) is 9.48. The summed E-state index contributed by atoms with van der Waals surface area (Å²) in [5.74, 6) is 0.592. The molecule has 0 atom stereocenters. The monoisotopic (exact) mass is 319 g/mol. The Morgan fingerprint density at radius 3 is 2.53 bits per heavy atom. The molecular weight excluding hydrogens is 306 g/mol. The van der Waals surface area contributed by atoms with Gasteiger partial charge in [-0.05, 0) is 32.2 Å². The van der Waals surface area contributed by atoms with Crippen molar-refractivity contribution in [3.63, 3.8) is 0 Å². The van der Waals surface area contributed by atoms with Crippen LogP contribution in [0.4, 0.5) is 0 Å². The molecule has 0 bridgehead atoms. The van der Waals surface area contributed by atoms with E-state index in [-0.39, 0.29) is 5.16 Å². The van der Waals surface area contributed by atoms with Gasteiger partial charge in [0.15, 0.2) is 0 Å². The second-order valence-electron chi connectivity index (χ2n) is 5.10. The highest BCUT2D eigenvalue weighted by Crippen LogP contribution is 2.25. The van der Waals surface area contributed by atoms with Gasteiger partial charge in [-0.15, -0.1) is 21.5 Å². The highest BCUT2D eigenvalue weighted by atomic mass is 35.7. The number of nitrogens with zero attached hydrogens (tertiary/aromatic N) is 3. The zero-order chi connectivity index (χ0) is 14.3. The standard InChI is InChI=1S/C11H14ClN3O2S2/c1-11(2,3)15-9(7-8-5-4-6-18-8)13-14-10(15)19(12,16)17/h4-6H,7H2,1-3H3. The quantitative estimate of drug-likeness (QED) is 0.816. The van der Waals surface area contributed by atoms with E-state index in [2.05, 4.69) is 10.2 Å². The third-order valence-corrected chi connectivity index (χ3v) is 4.49. The van der Waals surface area contributed by atoms with Crippen LogP contribution in [0.3, 0.4) is 0 Å². The van der Waals surface area contributed by atoms with Gasteiger partial charge in [0, 0.05) is 27.5 Å². The van der Waals surface area contributed by atoms with Crippen molar-refractivity contribution in [2.24, 2.45) is 0 Å². The van der Waals surface area contributed by atoms with Gasteiger partial charge in [-0.1, -0.05) is 6.07 Å². The molecule has 0 aromatic carbocycles. The second kappa shape index (κ2) is 4.88. The van der Waals surface area contributed by atoms with Crippen LogP contribution in [-0.2, 0) is 21.0 Å². The van der Waals surface area contributed by atoms with E-state index in [0.717, 1.165) is 4.88 Å². The first-order valence-corrected chi connectivity index (χ1v) is 8.80. The summed E-state index contributed by atoms with van der Waals surface area (Å²) in [6.07, 6.45) is 0.536. The lowest BCUT2D eigenvalue weighted by molar-refractivity contribution is 0.353. The smallest absolute Gasteiger partial charge is 0.295 e. The molecule has 104 valence electrons. The summed E-state index contributed by atoms with van der Waals surface area (Å²) in [6, 6.07) is 3.91. The Bertz CT molecular complexity index is 669. The maximum atomic E-state index is 11.6. The second-order valence-corrected chi connectivity index (χ2v) is 8.59. The van der Waals surface area contributed by atoms with Crippen LogP contribution in [0, 0.1) is 0 Å². The molecule has 2 aromatic heterocycles. The highest BCUT2D eigenvalue weighted by Gasteiger charge is 2.29. The fourth-order valence-electron chi connectivity index (χ4n) is 1.82. The van der Waals surface area contributed by atoms with Crippen molar-refractivity contribution < 1.29 is 8.42 Å². The summed E-state index contributed by atoms with van der Waals surface area (Å²) < 4.78 is 24.7. The van der Waals surface area contributed by atoms with Crippen molar-refractivity contribution in [1.29, 1.82) is 0 Å². The Morgan fingerprint density at radius 2 is 2.05 bits per heavy atom. The van der Waals surface area contributed by atoms with Crippen LogP contribution >= 0.6 is 22.0 Å². The third kappa shape index (κ3) is 3.16. The number of hydrogen-bond donors (Lipinski definition) is 0. The predicted molar refractivity (Wildman–Crippen MR) is 75.2 cm³/mol. The molecule has 0 unspecified atom stereocenters. The van der Waals surface area contributed by atoms with E-state index in [1.165, 1.54) is 0 Å². The number of thiophene rings is 1. The first kappa shape index (κ1) is 14.5. The lowest BCUT2D eigenvalue weighted by atomic mass is 10.1. The molecule has 0 amide bonds. The lowest BCUT2D eigenvalue weighted by Crippen LogP contribution is -2.27. The molecule has 8 heteroatoms. The number of aromatic nitrogens is 3. The molecule has 0 spiro atoms. The van der Waals surface area contributed by atoms with Gasteiger partial charge >= 0.3 is 0 Å². The number of halogens is 1. The zero-order valence-corrected chi connectivity index (χ0v) is 13.2. The molecule has 0 N–H and O–H groups in total. The number of hydrogen-bond acceptors (Lipinski definition) is 5. The highest BCUT2D eigenvalue weighted by molar-refractivity contribution is 8.13. The summed E-state index contributed by atoms with van der Waals surface area (Å²) in [7, 11) is 1.51. The van der Waals surface area contributed by atoms with E-state index in [0.29, 0.717) is 12.2 Å². The van der Waals surface area contributed by atoms with Crippen molar-refractivity contribution in [2.75, 3.05) is 0 Å². The summed E-state index contributed by atoms with van der Waals surface area (Å²) in [6.45, 7) is 5.67. The lowest BCUT2D eigenvalue weighted by Gasteiger charge is -2.23. The van der Waals surface area contributed by atoms with Gasteiger partial charge in [-0.2, -0.15) is 0 Å². The van der Waals surface area contributed by atoms with Crippen LogP contribution in [0.1, 0.15) is 31.5 Å². The van der Waals surface area contributed by atoms with Crippen LogP contribution in [0.2, 0.25) is 0 Å². The fourth-order valence-corrected chi connectivity index (χ4v) is 3.55. The van der Waals surface area contributed by atoms with Crippen LogP contribution in [-0.4, -0.2) is 23.2 Å². The van der Waals surface area contributed by atoms with E-state index >= 15 is 0 Å². The van der Waals surface area contributed by atoms with Crippen LogP contribution in [0.5, 0.6) is 0 Å². The van der Waals surface area contributed by atoms with Crippen molar-refractivity contribution >= 4 is 31.1 Å². The molecule has 0 aliphatic carbocycles. The van der Waals surface area contributed by atoms with E-state index < -0.39 is 14.6 Å². The molecule has 0 aliphatic heterocycles. The largest absolute Gasteiger partial charge is 0.296 e. The summed E-state index contributed by atoms with van der Waals surface area (Å²) >= 11 is 1.59. The average molecular weight is 320 g/mol. The molecule has 5 nitrogen and oxygen atoms in total. The average Bonchev–Trinajstić information content (AvgIpc) is 2.84. The van der Waals surface area contributed by atoms with Gasteiger partial charge in [0.25, 0.3) is 14.2 Å². The molecule has 2 heterocycles. The molecule has 0 saturated carbocycles. The Hall–Kier alpha value is -0.920.